The number of aromatic carboxylic acids is 2. The van der Waals surface area contributed by atoms with Crippen molar-refractivity contribution in [2.45, 2.75) is 12.8 Å². The quantitative estimate of drug-likeness (QED) is 0.845. The standard InChI is InChI=1S/C8H7ClO2.C8H8O2/c9-5-6-1-3-7(4-2-6)8(10)11;1-6-4-2-3-5-7(6)8(9)10/h1-4H,5H2,(H,10,11);2-5H,1H3,(H,9,10). The topological polar surface area (TPSA) is 74.6 Å². The van der Waals surface area contributed by atoms with Crippen LogP contribution in [0.3, 0.4) is 0 Å². The number of hydrogen-bond donors (Lipinski definition) is 2. The summed E-state index contributed by atoms with van der Waals surface area (Å²) in [5.41, 5.74) is 2.40. The summed E-state index contributed by atoms with van der Waals surface area (Å²) in [6.45, 7) is 1.78. The molecule has 0 atom stereocenters. The molecule has 0 fully saturated rings. The summed E-state index contributed by atoms with van der Waals surface area (Å²) in [7, 11) is 0. The Hall–Kier alpha value is -2.33. The van der Waals surface area contributed by atoms with E-state index in [1.807, 2.05) is 6.07 Å². The summed E-state index contributed by atoms with van der Waals surface area (Å²) in [6, 6.07) is 13.4. The van der Waals surface area contributed by atoms with Gasteiger partial charge in [-0.25, -0.2) is 9.59 Å². The molecule has 110 valence electrons. The number of carboxylic acid groups (broad SMARTS) is 2. The molecule has 0 unspecified atom stereocenters. The Morgan fingerprint density at radius 3 is 1.90 bits per heavy atom. The Balaban J connectivity index is 0.000000211. The van der Waals surface area contributed by atoms with Crippen LogP contribution in [0.1, 0.15) is 31.8 Å². The highest BCUT2D eigenvalue weighted by atomic mass is 35.5. The predicted octanol–water partition coefficient (Wildman–Crippen LogP) is 3.82. The average Bonchev–Trinajstić information content (AvgIpc) is 2.48. The average molecular weight is 307 g/mol. The highest BCUT2D eigenvalue weighted by Crippen LogP contribution is 2.06. The van der Waals surface area contributed by atoms with E-state index in [4.69, 9.17) is 21.8 Å². The maximum atomic E-state index is 10.4. The summed E-state index contributed by atoms with van der Waals surface area (Å²) in [4.78, 5) is 20.8. The summed E-state index contributed by atoms with van der Waals surface area (Å²) in [6.07, 6.45) is 0. The van der Waals surface area contributed by atoms with Crippen LogP contribution in [0.25, 0.3) is 0 Å². The van der Waals surface area contributed by atoms with Crippen molar-refractivity contribution in [2.75, 3.05) is 0 Å². The SMILES string of the molecule is Cc1ccccc1C(=O)O.O=C(O)c1ccc(CCl)cc1. The summed E-state index contributed by atoms with van der Waals surface area (Å²) in [5, 5.41) is 17.1. The van der Waals surface area contributed by atoms with E-state index in [2.05, 4.69) is 0 Å². The van der Waals surface area contributed by atoms with Gasteiger partial charge in [0.1, 0.15) is 0 Å². The van der Waals surface area contributed by atoms with Gasteiger partial charge in [0.05, 0.1) is 11.1 Å². The third-order valence-electron chi connectivity index (χ3n) is 2.73. The normalized spacial score (nSPS) is 9.43. The van der Waals surface area contributed by atoms with Crippen LogP contribution >= 0.6 is 11.6 Å². The van der Waals surface area contributed by atoms with Gasteiger partial charge in [0.25, 0.3) is 0 Å². The second kappa shape index (κ2) is 8.07. The Morgan fingerprint density at radius 1 is 0.952 bits per heavy atom. The van der Waals surface area contributed by atoms with Crippen LogP contribution in [0.15, 0.2) is 48.5 Å². The van der Waals surface area contributed by atoms with E-state index in [1.54, 1.807) is 49.4 Å². The van der Waals surface area contributed by atoms with E-state index in [0.29, 0.717) is 17.0 Å². The number of aryl methyl sites for hydroxylation is 1. The smallest absolute Gasteiger partial charge is 0.335 e. The molecule has 5 heteroatoms. The van der Waals surface area contributed by atoms with Gasteiger partial charge < -0.3 is 10.2 Å². The van der Waals surface area contributed by atoms with Gasteiger partial charge in [-0.2, -0.15) is 0 Å². The van der Waals surface area contributed by atoms with E-state index >= 15 is 0 Å². The van der Waals surface area contributed by atoms with Crippen LogP contribution in [-0.4, -0.2) is 22.2 Å². The Morgan fingerprint density at radius 2 is 1.52 bits per heavy atom. The molecule has 4 nitrogen and oxygen atoms in total. The Bertz CT molecular complexity index is 620. The van der Waals surface area contributed by atoms with Gasteiger partial charge in [-0.1, -0.05) is 30.3 Å². The lowest BCUT2D eigenvalue weighted by Crippen LogP contribution is -1.97. The number of rotatable bonds is 3. The molecule has 2 rings (SSSR count). The molecule has 2 N–H and O–H groups in total. The van der Waals surface area contributed by atoms with Gasteiger partial charge in [-0.3, -0.25) is 0 Å². The Labute approximate surface area is 127 Å². The molecule has 0 aliphatic heterocycles. The van der Waals surface area contributed by atoms with E-state index < -0.39 is 11.9 Å². The summed E-state index contributed by atoms with van der Waals surface area (Å²) >= 11 is 5.51. The summed E-state index contributed by atoms with van der Waals surface area (Å²) in [5.74, 6) is -1.36. The zero-order valence-corrected chi connectivity index (χ0v) is 12.2. The number of hydrogen-bond acceptors (Lipinski definition) is 2. The van der Waals surface area contributed by atoms with Crippen LogP contribution in [0.5, 0.6) is 0 Å². The number of halogens is 1. The van der Waals surface area contributed by atoms with E-state index in [0.717, 1.165) is 11.1 Å². The van der Waals surface area contributed by atoms with Gasteiger partial charge in [-0.15, -0.1) is 11.6 Å². The highest BCUT2D eigenvalue weighted by molar-refractivity contribution is 6.17. The molecule has 0 aromatic heterocycles. The van der Waals surface area contributed by atoms with Crippen molar-refractivity contribution in [3.8, 4) is 0 Å². The van der Waals surface area contributed by atoms with E-state index in [9.17, 15) is 9.59 Å². The predicted molar refractivity (Wildman–Crippen MR) is 81.1 cm³/mol. The first-order valence-corrected chi connectivity index (χ1v) is 6.66. The van der Waals surface area contributed by atoms with Gasteiger partial charge in [-0.05, 0) is 36.2 Å². The van der Waals surface area contributed by atoms with E-state index in [1.165, 1.54) is 0 Å². The van der Waals surface area contributed by atoms with Crippen molar-refractivity contribution < 1.29 is 19.8 Å². The minimum atomic E-state index is -0.911. The molecule has 0 saturated heterocycles. The fourth-order valence-electron chi connectivity index (χ4n) is 1.55. The molecule has 0 heterocycles. The lowest BCUT2D eigenvalue weighted by molar-refractivity contribution is 0.0685. The molecule has 0 bridgehead atoms. The Kier molecular flexibility index (Phi) is 6.43. The lowest BCUT2D eigenvalue weighted by atomic mass is 10.1. The number of carboxylic acids is 2. The zero-order valence-electron chi connectivity index (χ0n) is 11.4. The monoisotopic (exact) mass is 306 g/mol. The van der Waals surface area contributed by atoms with Crippen molar-refractivity contribution in [1.82, 2.24) is 0 Å². The van der Waals surface area contributed by atoms with Gasteiger partial charge in [0.2, 0.25) is 0 Å². The van der Waals surface area contributed by atoms with Crippen LogP contribution in [-0.2, 0) is 5.88 Å². The molecular weight excluding hydrogens is 292 g/mol. The number of benzene rings is 2. The van der Waals surface area contributed by atoms with Crippen molar-refractivity contribution >= 4 is 23.5 Å². The van der Waals surface area contributed by atoms with Gasteiger partial charge in [0, 0.05) is 5.88 Å². The molecule has 2 aromatic rings. The van der Waals surface area contributed by atoms with E-state index in [-0.39, 0.29) is 0 Å². The minimum Gasteiger partial charge on any atom is -0.478 e. The minimum absolute atomic E-state index is 0.291. The largest absolute Gasteiger partial charge is 0.478 e. The first-order valence-electron chi connectivity index (χ1n) is 6.12. The fraction of sp³-hybridized carbons (Fsp3) is 0.125. The molecular formula is C16H15ClO4. The maximum Gasteiger partial charge on any atom is 0.335 e. The summed E-state index contributed by atoms with van der Waals surface area (Å²) < 4.78 is 0. The lowest BCUT2D eigenvalue weighted by Gasteiger charge is -1.96. The first-order chi connectivity index (χ1) is 9.95. The third-order valence-corrected chi connectivity index (χ3v) is 3.04. The van der Waals surface area contributed by atoms with Crippen molar-refractivity contribution in [3.63, 3.8) is 0 Å². The molecule has 0 spiro atoms. The fourth-order valence-corrected chi connectivity index (χ4v) is 1.73. The molecule has 0 aliphatic carbocycles. The molecule has 0 radical (unpaired) electrons. The van der Waals surface area contributed by atoms with Crippen LogP contribution in [0.2, 0.25) is 0 Å². The number of alkyl halides is 1. The third kappa shape index (κ3) is 5.28. The van der Waals surface area contributed by atoms with Crippen molar-refractivity contribution in [2.24, 2.45) is 0 Å². The zero-order chi connectivity index (χ0) is 15.8. The number of carbonyl (C=O) groups is 2. The first kappa shape index (κ1) is 16.7. The van der Waals surface area contributed by atoms with Gasteiger partial charge in [0.15, 0.2) is 0 Å². The van der Waals surface area contributed by atoms with Crippen molar-refractivity contribution in [1.29, 1.82) is 0 Å². The van der Waals surface area contributed by atoms with Gasteiger partial charge >= 0.3 is 11.9 Å². The second-order valence-electron chi connectivity index (χ2n) is 4.26. The highest BCUT2D eigenvalue weighted by Gasteiger charge is 2.03. The molecule has 21 heavy (non-hydrogen) atoms. The molecule has 0 aliphatic rings. The second-order valence-corrected chi connectivity index (χ2v) is 4.52. The van der Waals surface area contributed by atoms with Crippen LogP contribution < -0.4 is 0 Å². The van der Waals surface area contributed by atoms with Crippen LogP contribution in [0, 0.1) is 6.92 Å². The van der Waals surface area contributed by atoms with Crippen molar-refractivity contribution in [3.05, 3.63) is 70.8 Å². The maximum absolute atomic E-state index is 10.4. The molecule has 2 aromatic carbocycles. The molecule has 0 saturated carbocycles. The molecule has 0 amide bonds. The van der Waals surface area contributed by atoms with Crippen LogP contribution in [0.4, 0.5) is 0 Å².